The second kappa shape index (κ2) is 4.87. The molecule has 7 nitrogen and oxygen atoms in total. The van der Waals surface area contributed by atoms with Gasteiger partial charge >= 0.3 is 5.97 Å². The van der Waals surface area contributed by atoms with Crippen LogP contribution >= 0.6 is 0 Å². The third kappa shape index (κ3) is 3.90. The van der Waals surface area contributed by atoms with Gasteiger partial charge in [-0.25, -0.2) is 0 Å². The van der Waals surface area contributed by atoms with Crippen LogP contribution in [-0.4, -0.2) is 58.3 Å². The quantitative estimate of drug-likeness (QED) is 0.422. The molecule has 3 N–H and O–H groups in total. The molecule has 1 unspecified atom stereocenters. The van der Waals surface area contributed by atoms with Crippen molar-refractivity contribution < 1.29 is 34.3 Å². The average molecular weight is 250 g/mol. The van der Waals surface area contributed by atoms with Crippen LogP contribution in [0.3, 0.4) is 0 Å². The number of carbonyl (C=O) groups is 1. The Kier molecular flexibility index (Phi) is 4.11. The standard InChI is InChI=1S/C10H18O7/c1-6(11)15-4-7-10(13,14)8(5-16-7)17-9(2,3)12/h7-8,12-14H,4-5H2,1-3H3/t7-,8?/m1/s1. The molecule has 1 rings (SSSR count). The van der Waals surface area contributed by atoms with Crippen LogP contribution in [0.4, 0.5) is 0 Å². The van der Waals surface area contributed by atoms with E-state index in [1.165, 1.54) is 20.8 Å². The SMILES string of the molecule is CC(=O)OC[C@H]1OCC(OC(C)(C)O)C1(O)O. The van der Waals surface area contributed by atoms with E-state index in [1.807, 2.05) is 0 Å². The highest BCUT2D eigenvalue weighted by Crippen LogP contribution is 2.29. The third-order valence-corrected chi connectivity index (χ3v) is 2.27. The summed E-state index contributed by atoms with van der Waals surface area (Å²) in [5.74, 6) is -4.37. The molecule has 0 radical (unpaired) electrons. The van der Waals surface area contributed by atoms with Gasteiger partial charge in [0.05, 0.1) is 6.61 Å². The van der Waals surface area contributed by atoms with Gasteiger partial charge in [-0.2, -0.15) is 0 Å². The topological polar surface area (TPSA) is 105 Å². The zero-order valence-electron chi connectivity index (χ0n) is 10.0. The molecule has 0 bridgehead atoms. The Morgan fingerprint density at radius 3 is 2.59 bits per heavy atom. The van der Waals surface area contributed by atoms with Crippen LogP contribution in [0.15, 0.2) is 0 Å². The molecular weight excluding hydrogens is 232 g/mol. The molecule has 7 heteroatoms. The lowest BCUT2D eigenvalue weighted by molar-refractivity contribution is -0.294. The van der Waals surface area contributed by atoms with Gasteiger partial charge in [0.1, 0.15) is 18.8 Å². The van der Waals surface area contributed by atoms with Crippen LogP contribution in [0, 0.1) is 0 Å². The van der Waals surface area contributed by atoms with E-state index in [0.717, 1.165) is 0 Å². The lowest BCUT2D eigenvalue weighted by Crippen LogP contribution is -2.52. The van der Waals surface area contributed by atoms with Gasteiger partial charge in [0.2, 0.25) is 5.79 Å². The fourth-order valence-electron chi connectivity index (χ4n) is 1.49. The molecule has 17 heavy (non-hydrogen) atoms. The van der Waals surface area contributed by atoms with E-state index in [-0.39, 0.29) is 13.2 Å². The number of ether oxygens (including phenoxy) is 3. The maximum atomic E-state index is 10.6. The van der Waals surface area contributed by atoms with Crippen LogP contribution in [0.1, 0.15) is 20.8 Å². The van der Waals surface area contributed by atoms with E-state index >= 15 is 0 Å². The van der Waals surface area contributed by atoms with Gasteiger partial charge in [0.15, 0.2) is 5.79 Å². The molecule has 100 valence electrons. The van der Waals surface area contributed by atoms with Gasteiger partial charge < -0.3 is 29.5 Å². The van der Waals surface area contributed by atoms with Crippen LogP contribution in [0.5, 0.6) is 0 Å². The summed E-state index contributed by atoms with van der Waals surface area (Å²) in [7, 11) is 0. The van der Waals surface area contributed by atoms with E-state index in [0.29, 0.717) is 0 Å². The van der Waals surface area contributed by atoms with Gasteiger partial charge in [0.25, 0.3) is 0 Å². The number of carbonyl (C=O) groups excluding carboxylic acids is 1. The monoisotopic (exact) mass is 250 g/mol. The Bertz CT molecular complexity index is 281. The molecule has 1 aliphatic rings. The molecule has 2 atom stereocenters. The highest BCUT2D eigenvalue weighted by atomic mass is 16.7. The first-order valence-corrected chi connectivity index (χ1v) is 5.23. The maximum Gasteiger partial charge on any atom is 0.302 e. The summed E-state index contributed by atoms with van der Waals surface area (Å²) in [6.45, 7) is 3.54. The summed E-state index contributed by atoms with van der Waals surface area (Å²) in [5, 5.41) is 29.0. The van der Waals surface area contributed by atoms with Gasteiger partial charge in [-0.3, -0.25) is 4.79 Å². The predicted molar refractivity (Wildman–Crippen MR) is 54.7 cm³/mol. The molecule has 0 spiro atoms. The molecule has 0 aliphatic carbocycles. The van der Waals surface area contributed by atoms with Gasteiger partial charge in [0, 0.05) is 6.92 Å². The normalized spacial score (nSPS) is 28.1. The van der Waals surface area contributed by atoms with Crippen LogP contribution in [0.2, 0.25) is 0 Å². The van der Waals surface area contributed by atoms with Gasteiger partial charge in [-0.15, -0.1) is 0 Å². The highest BCUT2D eigenvalue weighted by Gasteiger charge is 2.52. The van der Waals surface area contributed by atoms with E-state index in [2.05, 4.69) is 4.74 Å². The minimum atomic E-state index is -2.31. The Labute approximate surface area is 98.9 Å². The second-order valence-electron chi connectivity index (χ2n) is 4.46. The molecule has 0 aromatic heterocycles. The second-order valence-corrected chi connectivity index (χ2v) is 4.46. The van der Waals surface area contributed by atoms with E-state index in [1.54, 1.807) is 0 Å². The van der Waals surface area contributed by atoms with Crippen LogP contribution in [0.25, 0.3) is 0 Å². The predicted octanol–water partition coefficient (Wildman–Crippen LogP) is -1.26. The summed E-state index contributed by atoms with van der Waals surface area (Å²) in [5.41, 5.74) is 0. The van der Waals surface area contributed by atoms with Crippen LogP contribution in [-0.2, 0) is 19.0 Å². The Hall–Kier alpha value is -0.730. The van der Waals surface area contributed by atoms with Crippen molar-refractivity contribution in [3.8, 4) is 0 Å². The largest absolute Gasteiger partial charge is 0.463 e. The smallest absolute Gasteiger partial charge is 0.302 e. The molecule has 0 aromatic carbocycles. The fraction of sp³-hybridized carbons (Fsp3) is 0.900. The number of hydrogen-bond acceptors (Lipinski definition) is 7. The summed E-state index contributed by atoms with van der Waals surface area (Å²) in [6, 6.07) is 0. The summed E-state index contributed by atoms with van der Waals surface area (Å²) in [4.78, 5) is 10.6. The van der Waals surface area contributed by atoms with Crippen molar-refractivity contribution in [3.63, 3.8) is 0 Å². The fourth-order valence-corrected chi connectivity index (χ4v) is 1.49. The van der Waals surface area contributed by atoms with E-state index in [4.69, 9.17) is 9.47 Å². The number of rotatable bonds is 4. The minimum absolute atomic E-state index is 0.108. The van der Waals surface area contributed by atoms with Crippen LogP contribution < -0.4 is 0 Å². The van der Waals surface area contributed by atoms with Gasteiger partial charge in [-0.05, 0) is 13.8 Å². The Morgan fingerprint density at radius 1 is 1.53 bits per heavy atom. The number of esters is 1. The first-order chi connectivity index (χ1) is 7.63. The zero-order chi connectivity index (χ0) is 13.3. The van der Waals surface area contributed by atoms with Crippen molar-refractivity contribution in [2.45, 2.75) is 44.6 Å². The lowest BCUT2D eigenvalue weighted by atomic mass is 10.1. The molecule has 0 aromatic rings. The molecule has 1 fully saturated rings. The summed E-state index contributed by atoms with van der Waals surface area (Å²) >= 11 is 0. The molecular formula is C10H18O7. The Balaban J connectivity index is 2.59. The first-order valence-electron chi connectivity index (χ1n) is 5.23. The summed E-state index contributed by atoms with van der Waals surface area (Å²) in [6.07, 6.45) is -2.21. The van der Waals surface area contributed by atoms with Crippen molar-refractivity contribution in [3.05, 3.63) is 0 Å². The molecule has 0 saturated carbocycles. The third-order valence-electron chi connectivity index (χ3n) is 2.27. The molecule has 0 amide bonds. The molecule has 1 saturated heterocycles. The van der Waals surface area contributed by atoms with E-state index in [9.17, 15) is 20.1 Å². The number of aliphatic hydroxyl groups is 3. The van der Waals surface area contributed by atoms with E-state index < -0.39 is 29.8 Å². The van der Waals surface area contributed by atoms with Crippen molar-refractivity contribution in [2.24, 2.45) is 0 Å². The van der Waals surface area contributed by atoms with Crippen molar-refractivity contribution in [2.75, 3.05) is 13.2 Å². The zero-order valence-corrected chi connectivity index (χ0v) is 10.0. The van der Waals surface area contributed by atoms with Gasteiger partial charge in [-0.1, -0.05) is 0 Å². The number of hydrogen-bond donors (Lipinski definition) is 3. The lowest BCUT2D eigenvalue weighted by Gasteiger charge is -2.31. The first kappa shape index (κ1) is 14.3. The van der Waals surface area contributed by atoms with Crippen molar-refractivity contribution >= 4 is 5.97 Å². The average Bonchev–Trinajstić information content (AvgIpc) is 2.37. The Morgan fingerprint density at radius 2 is 2.12 bits per heavy atom. The highest BCUT2D eigenvalue weighted by molar-refractivity contribution is 5.65. The van der Waals surface area contributed by atoms with Crippen molar-refractivity contribution in [1.29, 1.82) is 0 Å². The molecule has 1 aliphatic heterocycles. The summed E-state index contributed by atoms with van der Waals surface area (Å²) < 4.78 is 14.7. The minimum Gasteiger partial charge on any atom is -0.463 e. The maximum absolute atomic E-state index is 10.6. The molecule has 1 heterocycles. The van der Waals surface area contributed by atoms with Crippen molar-refractivity contribution in [1.82, 2.24) is 0 Å².